The zero-order valence-corrected chi connectivity index (χ0v) is 8.50. The average molecular weight is 234 g/mol. The first-order chi connectivity index (χ1) is 6.88. The van der Waals surface area contributed by atoms with E-state index in [1.165, 1.54) is 6.07 Å². The van der Waals surface area contributed by atoms with Gasteiger partial charge < -0.3 is 4.98 Å². The number of aryl methyl sites for hydroxylation is 1. The number of rotatable bonds is 0. The summed E-state index contributed by atoms with van der Waals surface area (Å²) in [6.45, 7) is 1.70. The van der Waals surface area contributed by atoms with Gasteiger partial charge in [0.25, 0.3) is 0 Å². The van der Waals surface area contributed by atoms with Crippen LogP contribution in [0.3, 0.4) is 0 Å². The molecule has 80 valence electrons. The third kappa shape index (κ3) is 1.81. The van der Waals surface area contributed by atoms with E-state index in [9.17, 15) is 13.2 Å². The van der Waals surface area contributed by atoms with E-state index in [-0.39, 0.29) is 10.5 Å². The minimum Gasteiger partial charge on any atom is -0.358 e. The van der Waals surface area contributed by atoms with Crippen molar-refractivity contribution < 1.29 is 13.2 Å². The molecule has 1 nitrogen and oxygen atoms in total. The molecule has 0 aliphatic carbocycles. The largest absolute Gasteiger partial charge is 0.418 e. The minimum atomic E-state index is -4.39. The normalized spacial score (nSPS) is 12.3. The SMILES string of the molecule is Cc1cc2cc(Cl)cc(C(F)(F)F)c2[nH]1. The summed E-state index contributed by atoms with van der Waals surface area (Å²) in [5, 5.41) is 0.571. The maximum absolute atomic E-state index is 12.6. The van der Waals surface area contributed by atoms with Crippen molar-refractivity contribution in [1.29, 1.82) is 0 Å². The number of benzene rings is 1. The van der Waals surface area contributed by atoms with Crippen molar-refractivity contribution >= 4 is 22.5 Å². The Balaban J connectivity index is 2.82. The van der Waals surface area contributed by atoms with Crippen LogP contribution in [-0.2, 0) is 6.18 Å². The number of hydrogen-bond donors (Lipinski definition) is 1. The fraction of sp³-hybridized carbons (Fsp3) is 0.200. The Hall–Kier alpha value is -1.16. The van der Waals surface area contributed by atoms with Gasteiger partial charge in [0.2, 0.25) is 0 Å². The van der Waals surface area contributed by atoms with Gasteiger partial charge in [-0.25, -0.2) is 0 Å². The van der Waals surface area contributed by atoms with Crippen molar-refractivity contribution in [2.24, 2.45) is 0 Å². The monoisotopic (exact) mass is 233 g/mol. The molecule has 0 amide bonds. The molecule has 1 heterocycles. The van der Waals surface area contributed by atoms with Crippen molar-refractivity contribution in [3.05, 3.63) is 34.5 Å². The van der Waals surface area contributed by atoms with Crippen LogP contribution < -0.4 is 0 Å². The molecule has 0 saturated carbocycles. The van der Waals surface area contributed by atoms with Crippen LogP contribution >= 0.6 is 11.6 Å². The van der Waals surface area contributed by atoms with E-state index in [1.807, 2.05) is 0 Å². The van der Waals surface area contributed by atoms with Gasteiger partial charge in [-0.2, -0.15) is 13.2 Å². The minimum absolute atomic E-state index is 0.0874. The predicted octanol–water partition coefficient (Wildman–Crippen LogP) is 4.15. The number of nitrogens with one attached hydrogen (secondary N) is 1. The van der Waals surface area contributed by atoms with Crippen LogP contribution in [0.1, 0.15) is 11.3 Å². The highest BCUT2D eigenvalue weighted by atomic mass is 35.5. The summed E-state index contributed by atoms with van der Waals surface area (Å²) in [5.74, 6) is 0. The number of aromatic amines is 1. The topological polar surface area (TPSA) is 15.8 Å². The van der Waals surface area contributed by atoms with Crippen LogP contribution in [0.2, 0.25) is 5.02 Å². The standard InChI is InChI=1S/C10H7ClF3N/c1-5-2-6-3-7(11)4-8(9(6)15-5)10(12,13)14/h2-4,15H,1H3. The van der Waals surface area contributed by atoms with Crippen LogP contribution in [0.15, 0.2) is 18.2 Å². The molecule has 2 aromatic rings. The molecular formula is C10H7ClF3N. The highest BCUT2D eigenvalue weighted by Crippen LogP contribution is 2.36. The molecule has 1 aromatic heterocycles. The van der Waals surface area contributed by atoms with E-state index >= 15 is 0 Å². The molecule has 5 heteroatoms. The molecule has 2 rings (SSSR count). The molecule has 15 heavy (non-hydrogen) atoms. The molecule has 1 aromatic carbocycles. The van der Waals surface area contributed by atoms with Crippen molar-refractivity contribution in [2.45, 2.75) is 13.1 Å². The summed E-state index contributed by atoms with van der Waals surface area (Å²) in [7, 11) is 0. The Morgan fingerprint density at radius 3 is 2.47 bits per heavy atom. The average Bonchev–Trinajstić information content (AvgIpc) is 2.41. The fourth-order valence-corrected chi connectivity index (χ4v) is 1.80. The van der Waals surface area contributed by atoms with Gasteiger partial charge in [-0.3, -0.25) is 0 Å². The molecule has 0 radical (unpaired) electrons. The molecule has 0 saturated heterocycles. The first-order valence-corrected chi connectivity index (χ1v) is 4.62. The van der Waals surface area contributed by atoms with Gasteiger partial charge in [-0.05, 0) is 25.1 Å². The summed E-state index contributed by atoms with van der Waals surface area (Å²) in [5.41, 5.74) is 0.0419. The Bertz CT molecular complexity index is 513. The van der Waals surface area contributed by atoms with Gasteiger partial charge in [0.1, 0.15) is 0 Å². The Labute approximate surface area is 88.9 Å². The van der Waals surface area contributed by atoms with Crippen LogP contribution in [0.5, 0.6) is 0 Å². The lowest BCUT2D eigenvalue weighted by molar-refractivity contribution is -0.136. The summed E-state index contributed by atoms with van der Waals surface area (Å²) in [4.78, 5) is 2.68. The number of hydrogen-bond acceptors (Lipinski definition) is 0. The van der Waals surface area contributed by atoms with Gasteiger partial charge in [-0.1, -0.05) is 11.6 Å². The van der Waals surface area contributed by atoms with E-state index in [0.29, 0.717) is 11.1 Å². The van der Waals surface area contributed by atoms with Crippen LogP contribution in [0.4, 0.5) is 13.2 Å². The van der Waals surface area contributed by atoms with Gasteiger partial charge in [0.15, 0.2) is 0 Å². The Morgan fingerprint density at radius 1 is 1.20 bits per heavy atom. The second-order valence-corrected chi connectivity index (χ2v) is 3.80. The van der Waals surface area contributed by atoms with E-state index < -0.39 is 11.7 Å². The summed E-state index contributed by atoms with van der Waals surface area (Å²) in [6, 6.07) is 4.08. The molecule has 0 aliphatic rings. The van der Waals surface area contributed by atoms with Gasteiger partial charge in [0.05, 0.1) is 11.1 Å². The first-order valence-electron chi connectivity index (χ1n) is 4.24. The molecule has 0 aliphatic heterocycles. The van der Waals surface area contributed by atoms with Crippen molar-refractivity contribution in [1.82, 2.24) is 4.98 Å². The molecule has 0 atom stereocenters. The quantitative estimate of drug-likeness (QED) is 0.704. The lowest BCUT2D eigenvalue weighted by atomic mass is 10.1. The molecule has 0 bridgehead atoms. The smallest absolute Gasteiger partial charge is 0.358 e. The maximum atomic E-state index is 12.6. The zero-order chi connectivity index (χ0) is 11.2. The van der Waals surface area contributed by atoms with Gasteiger partial charge in [0, 0.05) is 16.1 Å². The van der Waals surface area contributed by atoms with Crippen molar-refractivity contribution in [3.63, 3.8) is 0 Å². The van der Waals surface area contributed by atoms with E-state index in [2.05, 4.69) is 4.98 Å². The van der Waals surface area contributed by atoms with Crippen LogP contribution in [-0.4, -0.2) is 4.98 Å². The Kier molecular flexibility index (Phi) is 2.19. The number of fused-ring (bicyclic) bond motifs is 1. The second-order valence-electron chi connectivity index (χ2n) is 3.37. The zero-order valence-electron chi connectivity index (χ0n) is 7.74. The lowest BCUT2D eigenvalue weighted by Gasteiger charge is -2.08. The number of halogens is 4. The van der Waals surface area contributed by atoms with E-state index in [1.54, 1.807) is 13.0 Å². The third-order valence-electron chi connectivity index (χ3n) is 2.13. The molecule has 0 unspecified atom stereocenters. The maximum Gasteiger partial charge on any atom is 0.418 e. The number of aromatic nitrogens is 1. The van der Waals surface area contributed by atoms with Crippen molar-refractivity contribution in [3.8, 4) is 0 Å². The number of H-pyrrole nitrogens is 1. The first kappa shape index (κ1) is 10.4. The van der Waals surface area contributed by atoms with Crippen LogP contribution in [0, 0.1) is 6.92 Å². The van der Waals surface area contributed by atoms with Crippen LogP contribution in [0.25, 0.3) is 10.9 Å². The summed E-state index contributed by atoms with van der Waals surface area (Å²) >= 11 is 5.63. The third-order valence-corrected chi connectivity index (χ3v) is 2.35. The van der Waals surface area contributed by atoms with Crippen molar-refractivity contribution in [2.75, 3.05) is 0 Å². The van der Waals surface area contributed by atoms with E-state index in [4.69, 9.17) is 11.6 Å². The highest BCUT2D eigenvalue weighted by molar-refractivity contribution is 6.31. The van der Waals surface area contributed by atoms with E-state index in [0.717, 1.165) is 6.07 Å². The molecule has 1 N–H and O–H groups in total. The summed E-state index contributed by atoms with van der Waals surface area (Å²) < 4.78 is 37.9. The highest BCUT2D eigenvalue weighted by Gasteiger charge is 2.33. The predicted molar refractivity (Wildman–Crippen MR) is 53.0 cm³/mol. The molecule has 0 fully saturated rings. The second kappa shape index (κ2) is 3.17. The number of alkyl halides is 3. The molecular weight excluding hydrogens is 227 g/mol. The lowest BCUT2D eigenvalue weighted by Crippen LogP contribution is -2.05. The van der Waals surface area contributed by atoms with Gasteiger partial charge >= 0.3 is 6.18 Å². The Morgan fingerprint density at radius 2 is 1.87 bits per heavy atom. The van der Waals surface area contributed by atoms with Gasteiger partial charge in [-0.15, -0.1) is 0 Å². The summed E-state index contributed by atoms with van der Waals surface area (Å²) in [6.07, 6.45) is -4.39. The molecule has 0 spiro atoms. The fourth-order valence-electron chi connectivity index (χ4n) is 1.57.